The van der Waals surface area contributed by atoms with Crippen LogP contribution >= 0.6 is 11.3 Å². The quantitative estimate of drug-likeness (QED) is 0.891. The largest absolute Gasteiger partial charge is 0.332 e. The molecule has 1 aromatic heterocycles. The molecule has 1 amide bonds. The number of hydrogen-bond donors (Lipinski definition) is 1. The minimum absolute atomic E-state index is 0.0713. The Morgan fingerprint density at radius 3 is 2.76 bits per heavy atom. The molecule has 1 fully saturated rings. The van der Waals surface area contributed by atoms with Crippen molar-refractivity contribution in [3.8, 4) is 0 Å². The summed E-state index contributed by atoms with van der Waals surface area (Å²) in [5, 5.41) is 2.81. The van der Waals surface area contributed by atoms with Gasteiger partial charge < -0.3 is 10.6 Å². The average molecular weight is 253 g/mol. The van der Waals surface area contributed by atoms with Crippen molar-refractivity contribution in [1.82, 2.24) is 9.88 Å². The first kappa shape index (κ1) is 12.5. The Hall–Kier alpha value is -0.940. The summed E-state index contributed by atoms with van der Waals surface area (Å²) in [4.78, 5) is 18.6. The van der Waals surface area contributed by atoms with Gasteiger partial charge in [0, 0.05) is 23.9 Å². The third-order valence-electron chi connectivity index (χ3n) is 3.32. The Morgan fingerprint density at radius 1 is 1.53 bits per heavy atom. The van der Waals surface area contributed by atoms with Crippen molar-refractivity contribution in [1.29, 1.82) is 0 Å². The Bertz CT molecular complexity index is 394. The first-order valence-electron chi connectivity index (χ1n) is 6.10. The van der Waals surface area contributed by atoms with Gasteiger partial charge in [-0.05, 0) is 33.2 Å². The van der Waals surface area contributed by atoms with Crippen LogP contribution in [-0.2, 0) is 6.42 Å². The fourth-order valence-corrected chi connectivity index (χ4v) is 3.16. The van der Waals surface area contributed by atoms with E-state index >= 15 is 0 Å². The molecule has 5 heteroatoms. The predicted octanol–water partition coefficient (Wildman–Crippen LogP) is 1.66. The summed E-state index contributed by atoms with van der Waals surface area (Å²) in [7, 11) is 0. The van der Waals surface area contributed by atoms with Crippen LogP contribution in [0.25, 0.3) is 0 Å². The van der Waals surface area contributed by atoms with Gasteiger partial charge in [-0.3, -0.25) is 4.79 Å². The molecular formula is C12H19N3OS. The summed E-state index contributed by atoms with van der Waals surface area (Å²) in [6, 6.07) is 0.661. The third kappa shape index (κ3) is 2.50. The van der Waals surface area contributed by atoms with E-state index in [2.05, 4.69) is 18.8 Å². The van der Waals surface area contributed by atoms with Gasteiger partial charge in [-0.15, -0.1) is 11.3 Å². The molecule has 0 radical (unpaired) electrons. The van der Waals surface area contributed by atoms with E-state index in [4.69, 9.17) is 5.73 Å². The van der Waals surface area contributed by atoms with Gasteiger partial charge in [0.15, 0.2) is 0 Å². The minimum Gasteiger partial charge on any atom is -0.332 e. The van der Waals surface area contributed by atoms with Crippen molar-refractivity contribution >= 4 is 17.2 Å². The summed E-state index contributed by atoms with van der Waals surface area (Å²) in [6.07, 6.45) is 2.93. The Morgan fingerprint density at radius 2 is 2.18 bits per heavy atom. The van der Waals surface area contributed by atoms with Crippen LogP contribution in [0.3, 0.4) is 0 Å². The standard InChI is InChI=1S/C12H19N3OS/c1-8-3-4-9(2)15(8)12(16)10-7-17-11(14-10)5-6-13/h7-9H,3-6,13H2,1-2H3. The molecular weight excluding hydrogens is 234 g/mol. The maximum absolute atomic E-state index is 12.3. The summed E-state index contributed by atoms with van der Waals surface area (Å²) >= 11 is 1.53. The molecule has 17 heavy (non-hydrogen) atoms. The highest BCUT2D eigenvalue weighted by Crippen LogP contribution is 2.26. The number of likely N-dealkylation sites (tertiary alicyclic amines) is 1. The van der Waals surface area contributed by atoms with Crippen LogP contribution in [0.5, 0.6) is 0 Å². The van der Waals surface area contributed by atoms with Crippen molar-refractivity contribution in [3.63, 3.8) is 0 Å². The SMILES string of the molecule is CC1CCC(C)N1C(=O)c1csc(CCN)n1. The normalized spacial score (nSPS) is 24.3. The monoisotopic (exact) mass is 253 g/mol. The zero-order chi connectivity index (χ0) is 12.4. The lowest BCUT2D eigenvalue weighted by Crippen LogP contribution is -2.38. The van der Waals surface area contributed by atoms with Crippen LogP contribution < -0.4 is 5.73 Å². The number of amides is 1. The fraction of sp³-hybridized carbons (Fsp3) is 0.667. The maximum Gasteiger partial charge on any atom is 0.273 e. The molecule has 2 unspecified atom stereocenters. The zero-order valence-electron chi connectivity index (χ0n) is 10.3. The second kappa shape index (κ2) is 5.14. The molecule has 0 spiro atoms. The fourth-order valence-electron chi connectivity index (χ4n) is 2.38. The van der Waals surface area contributed by atoms with E-state index in [-0.39, 0.29) is 5.91 Å². The molecule has 1 aliphatic heterocycles. The third-order valence-corrected chi connectivity index (χ3v) is 4.22. The first-order valence-corrected chi connectivity index (χ1v) is 6.98. The molecule has 1 saturated heterocycles. The number of hydrogen-bond acceptors (Lipinski definition) is 4. The Kier molecular flexibility index (Phi) is 3.79. The Labute approximate surface area is 106 Å². The van der Waals surface area contributed by atoms with Crippen LogP contribution in [0.1, 0.15) is 42.2 Å². The van der Waals surface area contributed by atoms with Gasteiger partial charge in [-0.1, -0.05) is 0 Å². The number of nitrogens with two attached hydrogens (primary N) is 1. The predicted molar refractivity (Wildman–Crippen MR) is 69.2 cm³/mol. The lowest BCUT2D eigenvalue weighted by Gasteiger charge is -2.25. The molecule has 94 valence electrons. The van der Waals surface area contributed by atoms with E-state index in [1.54, 1.807) is 0 Å². The van der Waals surface area contributed by atoms with E-state index in [1.165, 1.54) is 11.3 Å². The summed E-state index contributed by atoms with van der Waals surface area (Å²) in [6.45, 7) is 4.79. The van der Waals surface area contributed by atoms with Crippen LogP contribution in [-0.4, -0.2) is 34.4 Å². The lowest BCUT2D eigenvalue weighted by atomic mass is 10.2. The Balaban J connectivity index is 2.13. The van der Waals surface area contributed by atoms with E-state index in [0.717, 1.165) is 24.3 Å². The zero-order valence-corrected chi connectivity index (χ0v) is 11.2. The summed E-state index contributed by atoms with van der Waals surface area (Å²) in [5.41, 5.74) is 6.07. The van der Waals surface area contributed by atoms with Gasteiger partial charge in [0.2, 0.25) is 0 Å². The molecule has 0 aromatic carbocycles. The molecule has 1 aliphatic rings. The minimum atomic E-state index is 0.0713. The molecule has 2 atom stereocenters. The highest BCUT2D eigenvalue weighted by atomic mass is 32.1. The number of rotatable bonds is 3. The number of nitrogens with zero attached hydrogens (tertiary/aromatic N) is 2. The molecule has 2 rings (SSSR count). The maximum atomic E-state index is 12.3. The molecule has 2 N–H and O–H groups in total. The number of aromatic nitrogens is 1. The van der Waals surface area contributed by atoms with E-state index in [9.17, 15) is 4.79 Å². The molecule has 0 bridgehead atoms. The number of thiazole rings is 1. The van der Waals surface area contributed by atoms with Crippen molar-refractivity contribution in [2.75, 3.05) is 6.54 Å². The van der Waals surface area contributed by atoms with Crippen molar-refractivity contribution in [2.24, 2.45) is 5.73 Å². The second-order valence-electron chi connectivity index (χ2n) is 4.65. The molecule has 1 aromatic rings. The smallest absolute Gasteiger partial charge is 0.273 e. The van der Waals surface area contributed by atoms with Crippen molar-refractivity contribution in [3.05, 3.63) is 16.1 Å². The van der Waals surface area contributed by atoms with E-state index in [1.807, 2.05) is 10.3 Å². The highest BCUT2D eigenvalue weighted by Gasteiger charge is 2.32. The van der Waals surface area contributed by atoms with Crippen LogP contribution in [0.15, 0.2) is 5.38 Å². The van der Waals surface area contributed by atoms with E-state index < -0.39 is 0 Å². The molecule has 0 saturated carbocycles. The van der Waals surface area contributed by atoms with Gasteiger partial charge in [0.1, 0.15) is 5.69 Å². The molecule has 0 aliphatic carbocycles. The van der Waals surface area contributed by atoms with E-state index in [0.29, 0.717) is 24.3 Å². The van der Waals surface area contributed by atoms with Gasteiger partial charge in [0.25, 0.3) is 5.91 Å². The lowest BCUT2D eigenvalue weighted by molar-refractivity contribution is 0.0687. The number of carbonyl (C=O) groups excluding carboxylic acids is 1. The van der Waals surface area contributed by atoms with Crippen LogP contribution in [0.4, 0.5) is 0 Å². The molecule has 2 heterocycles. The summed E-state index contributed by atoms with van der Waals surface area (Å²) < 4.78 is 0. The van der Waals surface area contributed by atoms with Gasteiger partial charge in [-0.25, -0.2) is 4.98 Å². The molecule has 4 nitrogen and oxygen atoms in total. The second-order valence-corrected chi connectivity index (χ2v) is 5.60. The number of carbonyl (C=O) groups is 1. The first-order chi connectivity index (χ1) is 8.13. The van der Waals surface area contributed by atoms with Crippen LogP contribution in [0, 0.1) is 0 Å². The average Bonchev–Trinajstić information content (AvgIpc) is 2.87. The van der Waals surface area contributed by atoms with Crippen LogP contribution in [0.2, 0.25) is 0 Å². The van der Waals surface area contributed by atoms with Gasteiger partial charge in [0.05, 0.1) is 5.01 Å². The van der Waals surface area contributed by atoms with Gasteiger partial charge >= 0.3 is 0 Å². The van der Waals surface area contributed by atoms with Crippen molar-refractivity contribution < 1.29 is 4.79 Å². The summed E-state index contributed by atoms with van der Waals surface area (Å²) in [5.74, 6) is 0.0713. The van der Waals surface area contributed by atoms with Crippen molar-refractivity contribution in [2.45, 2.75) is 45.2 Å². The highest BCUT2D eigenvalue weighted by molar-refractivity contribution is 7.09. The topological polar surface area (TPSA) is 59.2 Å². The van der Waals surface area contributed by atoms with Gasteiger partial charge in [-0.2, -0.15) is 0 Å².